The van der Waals surface area contributed by atoms with Crippen molar-refractivity contribution in [2.45, 2.75) is 19.1 Å². The largest absolute Gasteiger partial charge is 0.417 e. The van der Waals surface area contributed by atoms with E-state index in [1.807, 2.05) is 18.4 Å². The molecule has 0 bridgehead atoms. The average molecular weight is 375 g/mol. The van der Waals surface area contributed by atoms with E-state index in [2.05, 4.69) is 10.2 Å². The molecule has 1 atom stereocenters. The number of nitrogens with one attached hydrogen (secondary N) is 1. The summed E-state index contributed by atoms with van der Waals surface area (Å²) in [4.78, 5) is 3.32. The van der Waals surface area contributed by atoms with Crippen LogP contribution in [0.3, 0.4) is 0 Å². The molecule has 1 unspecified atom stereocenters. The van der Waals surface area contributed by atoms with E-state index in [-0.39, 0.29) is 11.1 Å². The Morgan fingerprint density at radius 3 is 2.50 bits per heavy atom. The highest BCUT2D eigenvalue weighted by atomic mass is 35.5. The van der Waals surface area contributed by atoms with Crippen molar-refractivity contribution in [3.63, 3.8) is 0 Å². The Bertz CT molecular complexity index is 708. The predicted octanol–water partition coefficient (Wildman–Crippen LogP) is 4.72. The lowest BCUT2D eigenvalue weighted by molar-refractivity contribution is -0.137. The van der Waals surface area contributed by atoms with Crippen LogP contribution in [-0.4, -0.2) is 31.1 Å². The van der Waals surface area contributed by atoms with E-state index in [1.54, 1.807) is 17.4 Å². The van der Waals surface area contributed by atoms with E-state index in [0.29, 0.717) is 5.56 Å². The van der Waals surface area contributed by atoms with E-state index in [9.17, 15) is 13.2 Å². The van der Waals surface area contributed by atoms with Crippen LogP contribution in [0.5, 0.6) is 0 Å². The Kier molecular flexibility index (Phi) is 5.20. The highest BCUT2D eigenvalue weighted by molar-refractivity contribution is 7.10. The van der Waals surface area contributed by atoms with Gasteiger partial charge >= 0.3 is 6.18 Å². The predicted molar refractivity (Wildman–Crippen MR) is 91.8 cm³/mol. The van der Waals surface area contributed by atoms with Crippen molar-refractivity contribution in [2.24, 2.45) is 0 Å². The Labute approximate surface area is 148 Å². The summed E-state index contributed by atoms with van der Waals surface area (Å²) in [6.07, 6.45) is -4.45. The minimum Gasteiger partial charge on any atom is -0.314 e. The number of rotatable bonds is 3. The smallest absolute Gasteiger partial charge is 0.314 e. The molecular formula is C17H18ClF3N2S. The molecule has 3 rings (SSSR count). The summed E-state index contributed by atoms with van der Waals surface area (Å²) in [5.74, 6) is 0. The number of piperazine rings is 1. The molecule has 2 heterocycles. The zero-order chi connectivity index (χ0) is 17.3. The van der Waals surface area contributed by atoms with Crippen LogP contribution in [0.2, 0.25) is 5.02 Å². The highest BCUT2D eigenvalue weighted by Crippen LogP contribution is 2.40. The number of hydrogen-bond acceptors (Lipinski definition) is 3. The van der Waals surface area contributed by atoms with Crippen molar-refractivity contribution in [3.8, 4) is 0 Å². The minimum absolute atomic E-state index is 0.175. The Balaban J connectivity index is 2.07. The SMILES string of the molecule is Cc1ccsc1C(c1ccc(Cl)c(C(F)(F)F)c1)N1CCNCC1. The molecule has 130 valence electrons. The first-order chi connectivity index (χ1) is 11.4. The molecule has 1 aromatic heterocycles. The summed E-state index contributed by atoms with van der Waals surface area (Å²) >= 11 is 7.37. The molecule has 1 aromatic carbocycles. The third kappa shape index (κ3) is 3.61. The molecule has 0 amide bonds. The standard InChI is InChI=1S/C17H18ClF3N2S/c1-11-4-9-24-16(11)15(23-7-5-22-6-8-23)12-2-3-14(18)13(10-12)17(19,20)21/h2-4,9-10,15,22H,5-8H2,1H3. The summed E-state index contributed by atoms with van der Waals surface area (Å²) in [6.45, 7) is 5.26. The van der Waals surface area contributed by atoms with Gasteiger partial charge in [0.25, 0.3) is 0 Å². The van der Waals surface area contributed by atoms with Gasteiger partial charge in [0, 0.05) is 31.1 Å². The second-order valence-corrected chi connectivity index (χ2v) is 7.25. The van der Waals surface area contributed by atoms with Crippen LogP contribution in [-0.2, 0) is 6.18 Å². The fraction of sp³-hybridized carbons (Fsp3) is 0.412. The number of alkyl halides is 3. The Morgan fingerprint density at radius 1 is 1.21 bits per heavy atom. The second kappa shape index (κ2) is 7.04. The van der Waals surface area contributed by atoms with E-state index >= 15 is 0 Å². The molecule has 24 heavy (non-hydrogen) atoms. The number of halogens is 4. The van der Waals surface area contributed by atoms with Gasteiger partial charge in [0.15, 0.2) is 0 Å². The topological polar surface area (TPSA) is 15.3 Å². The first kappa shape index (κ1) is 17.7. The van der Waals surface area contributed by atoms with Gasteiger partial charge in [0.1, 0.15) is 0 Å². The summed E-state index contributed by atoms with van der Waals surface area (Å²) < 4.78 is 39.8. The molecule has 7 heteroatoms. The fourth-order valence-electron chi connectivity index (χ4n) is 3.06. The van der Waals surface area contributed by atoms with Crippen LogP contribution in [0.4, 0.5) is 13.2 Å². The summed E-state index contributed by atoms with van der Waals surface area (Å²) in [5.41, 5.74) is 0.974. The maximum Gasteiger partial charge on any atom is 0.417 e. The van der Waals surface area contributed by atoms with Gasteiger partial charge in [-0.1, -0.05) is 17.7 Å². The average Bonchev–Trinajstić information content (AvgIpc) is 2.95. The molecule has 1 fully saturated rings. The van der Waals surface area contributed by atoms with Crippen molar-refractivity contribution >= 4 is 22.9 Å². The first-order valence-corrected chi connectivity index (χ1v) is 8.99. The van der Waals surface area contributed by atoms with E-state index in [4.69, 9.17) is 11.6 Å². The van der Waals surface area contributed by atoms with Crippen molar-refractivity contribution in [1.82, 2.24) is 10.2 Å². The van der Waals surface area contributed by atoms with Crippen molar-refractivity contribution in [2.75, 3.05) is 26.2 Å². The van der Waals surface area contributed by atoms with Crippen molar-refractivity contribution < 1.29 is 13.2 Å². The molecule has 2 nitrogen and oxygen atoms in total. The van der Waals surface area contributed by atoms with Crippen LogP contribution in [0, 0.1) is 6.92 Å². The number of thiophene rings is 1. The number of aryl methyl sites for hydroxylation is 1. The number of benzene rings is 1. The second-order valence-electron chi connectivity index (χ2n) is 5.89. The maximum absolute atomic E-state index is 13.3. The normalized spacial score (nSPS) is 17.9. The molecule has 0 saturated carbocycles. The van der Waals surface area contributed by atoms with Crippen LogP contribution >= 0.6 is 22.9 Å². The molecule has 1 N–H and O–H groups in total. The monoisotopic (exact) mass is 374 g/mol. The fourth-order valence-corrected chi connectivity index (χ4v) is 4.37. The summed E-state index contributed by atoms with van der Waals surface area (Å²) in [7, 11) is 0. The van der Waals surface area contributed by atoms with Gasteiger partial charge in [-0.25, -0.2) is 0 Å². The summed E-state index contributed by atoms with van der Waals surface area (Å²) in [6, 6.07) is 6.11. The van der Waals surface area contributed by atoms with Gasteiger partial charge in [-0.05, 0) is 41.6 Å². The van der Waals surface area contributed by atoms with E-state index in [1.165, 1.54) is 12.1 Å². The number of nitrogens with zero attached hydrogens (tertiary/aromatic N) is 1. The molecule has 1 aliphatic rings. The minimum atomic E-state index is -4.45. The first-order valence-electron chi connectivity index (χ1n) is 7.73. The molecule has 0 radical (unpaired) electrons. The Morgan fingerprint density at radius 2 is 1.92 bits per heavy atom. The number of hydrogen-bond donors (Lipinski definition) is 1. The van der Waals surface area contributed by atoms with Crippen molar-refractivity contribution in [1.29, 1.82) is 0 Å². The van der Waals surface area contributed by atoms with E-state index in [0.717, 1.165) is 36.6 Å². The van der Waals surface area contributed by atoms with E-state index < -0.39 is 11.7 Å². The van der Waals surface area contributed by atoms with Crippen LogP contribution in [0.15, 0.2) is 29.6 Å². The molecule has 1 aliphatic heterocycles. The Hall–Kier alpha value is -1.08. The molecule has 2 aromatic rings. The molecule has 1 saturated heterocycles. The van der Waals surface area contributed by atoms with Crippen molar-refractivity contribution in [3.05, 3.63) is 56.2 Å². The van der Waals surface area contributed by atoms with Gasteiger partial charge in [-0.15, -0.1) is 11.3 Å². The quantitative estimate of drug-likeness (QED) is 0.836. The zero-order valence-electron chi connectivity index (χ0n) is 13.2. The zero-order valence-corrected chi connectivity index (χ0v) is 14.7. The highest BCUT2D eigenvalue weighted by Gasteiger charge is 2.35. The lowest BCUT2D eigenvalue weighted by Gasteiger charge is -2.35. The van der Waals surface area contributed by atoms with Crippen LogP contribution < -0.4 is 5.32 Å². The molecular weight excluding hydrogens is 357 g/mol. The van der Waals surface area contributed by atoms with Gasteiger partial charge in [-0.2, -0.15) is 13.2 Å². The van der Waals surface area contributed by atoms with Gasteiger partial charge < -0.3 is 5.32 Å². The maximum atomic E-state index is 13.3. The van der Waals surface area contributed by atoms with Crippen LogP contribution in [0.25, 0.3) is 0 Å². The summed E-state index contributed by atoms with van der Waals surface area (Å²) in [5, 5.41) is 5.02. The molecule has 0 aliphatic carbocycles. The third-order valence-corrected chi connectivity index (χ3v) is 5.68. The van der Waals surface area contributed by atoms with Crippen LogP contribution in [0.1, 0.15) is 27.6 Å². The van der Waals surface area contributed by atoms with Gasteiger partial charge in [0.05, 0.1) is 16.6 Å². The lowest BCUT2D eigenvalue weighted by atomic mass is 9.98. The van der Waals surface area contributed by atoms with Gasteiger partial charge in [-0.3, -0.25) is 4.90 Å². The molecule has 0 spiro atoms. The van der Waals surface area contributed by atoms with Gasteiger partial charge in [0.2, 0.25) is 0 Å². The lowest BCUT2D eigenvalue weighted by Crippen LogP contribution is -2.45. The third-order valence-electron chi connectivity index (χ3n) is 4.28.